The van der Waals surface area contributed by atoms with E-state index in [-0.39, 0.29) is 11.1 Å². The molecule has 1 aromatic rings. The fourth-order valence-corrected chi connectivity index (χ4v) is 3.79. The van der Waals surface area contributed by atoms with Gasteiger partial charge in [-0.25, -0.2) is 8.42 Å². The first-order valence-corrected chi connectivity index (χ1v) is 8.74. The molecule has 2 rings (SSSR count). The molecule has 0 amide bonds. The summed E-state index contributed by atoms with van der Waals surface area (Å²) in [6, 6.07) is 3.08. The number of hydrogen-bond donors (Lipinski definition) is 1. The molecule has 0 bridgehead atoms. The zero-order valence-electron chi connectivity index (χ0n) is 12.8. The van der Waals surface area contributed by atoms with Gasteiger partial charge in [-0.2, -0.15) is 4.31 Å². The maximum Gasteiger partial charge on any atom is 0.276 e. The molecule has 1 unspecified atom stereocenters. The lowest BCUT2D eigenvalue weighted by Gasteiger charge is -2.31. The molecule has 1 aliphatic heterocycles. The van der Waals surface area contributed by atoms with Gasteiger partial charge >= 0.3 is 0 Å². The number of rotatable bonds is 6. The van der Waals surface area contributed by atoms with Crippen LogP contribution < -0.4 is 5.32 Å². The Balaban J connectivity index is 2.05. The predicted molar refractivity (Wildman–Crippen MR) is 79.4 cm³/mol. The topological polar surface area (TPSA) is 71.8 Å². The Morgan fingerprint density at radius 1 is 1.43 bits per heavy atom. The maximum atomic E-state index is 12.5. The average Bonchev–Trinajstić information content (AvgIpc) is 2.88. The average molecular weight is 316 g/mol. The van der Waals surface area contributed by atoms with Crippen LogP contribution in [0.5, 0.6) is 0 Å². The lowest BCUT2D eigenvalue weighted by Crippen LogP contribution is -2.46. The van der Waals surface area contributed by atoms with Crippen molar-refractivity contribution < 1.29 is 17.6 Å². The Hall–Kier alpha value is -0.890. The lowest BCUT2D eigenvalue weighted by atomic mass is 10.2. The van der Waals surface area contributed by atoms with Crippen LogP contribution in [0.15, 0.2) is 21.6 Å². The van der Waals surface area contributed by atoms with Crippen molar-refractivity contribution in [2.75, 3.05) is 26.3 Å². The van der Waals surface area contributed by atoms with Crippen LogP contribution in [0.1, 0.15) is 26.5 Å². The fourth-order valence-electron chi connectivity index (χ4n) is 2.26. The zero-order chi connectivity index (χ0) is 15.5. The second-order valence-corrected chi connectivity index (χ2v) is 7.61. The molecule has 2 heterocycles. The number of morpholine rings is 1. The van der Waals surface area contributed by atoms with E-state index in [4.69, 9.17) is 9.15 Å². The summed E-state index contributed by atoms with van der Waals surface area (Å²) in [5, 5.41) is 3.24. The lowest BCUT2D eigenvalue weighted by molar-refractivity contribution is 0.0386. The standard InChI is InChI=1S/C14H24N2O4S/c1-11(2)8-15-9-13-4-5-14(20-13)21(17,18)16-6-7-19-10-12(16)3/h4-5,11-12,15H,6-10H2,1-3H3. The second-order valence-electron chi connectivity index (χ2n) is 5.79. The van der Waals surface area contributed by atoms with Gasteiger partial charge in [-0.05, 0) is 31.5 Å². The highest BCUT2D eigenvalue weighted by Crippen LogP contribution is 2.22. The third-order valence-corrected chi connectivity index (χ3v) is 5.25. The third kappa shape index (κ3) is 4.06. The van der Waals surface area contributed by atoms with E-state index in [1.807, 2.05) is 6.92 Å². The van der Waals surface area contributed by atoms with Gasteiger partial charge in [-0.3, -0.25) is 0 Å². The van der Waals surface area contributed by atoms with Crippen molar-refractivity contribution in [3.8, 4) is 0 Å². The zero-order valence-corrected chi connectivity index (χ0v) is 13.6. The van der Waals surface area contributed by atoms with Crippen molar-refractivity contribution in [2.45, 2.75) is 38.5 Å². The van der Waals surface area contributed by atoms with Crippen LogP contribution in [0.25, 0.3) is 0 Å². The molecule has 1 atom stereocenters. The minimum absolute atomic E-state index is 0.0117. The van der Waals surface area contributed by atoms with Gasteiger partial charge in [0, 0.05) is 12.6 Å². The quantitative estimate of drug-likeness (QED) is 0.860. The summed E-state index contributed by atoms with van der Waals surface area (Å²) < 4.78 is 37.3. The van der Waals surface area contributed by atoms with Gasteiger partial charge in [-0.1, -0.05) is 13.8 Å². The van der Waals surface area contributed by atoms with Crippen molar-refractivity contribution >= 4 is 10.0 Å². The highest BCUT2D eigenvalue weighted by Gasteiger charge is 2.33. The largest absolute Gasteiger partial charge is 0.447 e. The first kappa shape index (κ1) is 16.5. The summed E-state index contributed by atoms with van der Waals surface area (Å²) in [5.74, 6) is 1.17. The van der Waals surface area contributed by atoms with Gasteiger partial charge in [0.25, 0.3) is 10.0 Å². The Labute approximate surface area is 126 Å². The number of nitrogens with zero attached hydrogens (tertiary/aromatic N) is 1. The Kier molecular flexibility index (Phi) is 5.43. The summed E-state index contributed by atoms with van der Waals surface area (Å²) in [5.41, 5.74) is 0. The van der Waals surface area contributed by atoms with E-state index < -0.39 is 10.0 Å². The van der Waals surface area contributed by atoms with Gasteiger partial charge in [0.05, 0.1) is 19.8 Å². The van der Waals surface area contributed by atoms with Crippen molar-refractivity contribution in [3.05, 3.63) is 17.9 Å². The molecule has 7 heteroatoms. The van der Waals surface area contributed by atoms with E-state index in [1.54, 1.807) is 6.07 Å². The fraction of sp³-hybridized carbons (Fsp3) is 0.714. The van der Waals surface area contributed by atoms with Crippen molar-refractivity contribution in [1.82, 2.24) is 9.62 Å². The van der Waals surface area contributed by atoms with Crippen LogP contribution in [0.3, 0.4) is 0 Å². The predicted octanol–water partition coefficient (Wildman–Crippen LogP) is 1.43. The Bertz CT molecular complexity index is 553. The maximum absolute atomic E-state index is 12.5. The molecule has 6 nitrogen and oxygen atoms in total. The summed E-state index contributed by atoms with van der Waals surface area (Å²) >= 11 is 0. The first-order chi connectivity index (χ1) is 9.91. The molecule has 1 N–H and O–H groups in total. The van der Waals surface area contributed by atoms with E-state index in [2.05, 4.69) is 19.2 Å². The third-order valence-electron chi connectivity index (χ3n) is 3.36. The molecule has 120 valence electrons. The number of ether oxygens (including phenoxy) is 1. The van der Waals surface area contributed by atoms with Crippen molar-refractivity contribution in [1.29, 1.82) is 0 Å². The molecule has 1 saturated heterocycles. The molecule has 1 aromatic heterocycles. The van der Waals surface area contributed by atoms with Crippen LogP contribution in [0, 0.1) is 5.92 Å². The highest BCUT2D eigenvalue weighted by molar-refractivity contribution is 7.89. The van der Waals surface area contributed by atoms with Crippen LogP contribution in [0.2, 0.25) is 0 Å². The minimum atomic E-state index is -3.57. The Morgan fingerprint density at radius 3 is 2.86 bits per heavy atom. The first-order valence-electron chi connectivity index (χ1n) is 7.30. The van der Waals surface area contributed by atoms with Crippen LogP contribution >= 0.6 is 0 Å². The van der Waals surface area contributed by atoms with Crippen molar-refractivity contribution in [2.24, 2.45) is 5.92 Å². The molecular weight excluding hydrogens is 292 g/mol. The van der Waals surface area contributed by atoms with E-state index >= 15 is 0 Å². The molecular formula is C14H24N2O4S. The summed E-state index contributed by atoms with van der Waals surface area (Å²) in [6.45, 7) is 8.68. The normalized spacial score (nSPS) is 21.0. The minimum Gasteiger partial charge on any atom is -0.447 e. The van der Waals surface area contributed by atoms with Gasteiger partial charge in [0.1, 0.15) is 5.76 Å². The van der Waals surface area contributed by atoms with Gasteiger partial charge in [-0.15, -0.1) is 0 Å². The SMILES string of the molecule is CC(C)CNCc1ccc(S(=O)(=O)N2CCOCC2C)o1. The molecule has 1 fully saturated rings. The molecule has 0 aromatic carbocycles. The molecule has 21 heavy (non-hydrogen) atoms. The summed E-state index contributed by atoms with van der Waals surface area (Å²) in [7, 11) is -3.57. The van der Waals surface area contributed by atoms with E-state index in [1.165, 1.54) is 10.4 Å². The van der Waals surface area contributed by atoms with Crippen LogP contribution in [-0.2, 0) is 21.3 Å². The smallest absolute Gasteiger partial charge is 0.276 e. The van der Waals surface area contributed by atoms with E-state index in [0.29, 0.717) is 38.0 Å². The van der Waals surface area contributed by atoms with Gasteiger partial charge in [0.2, 0.25) is 5.09 Å². The van der Waals surface area contributed by atoms with E-state index in [9.17, 15) is 8.42 Å². The number of sulfonamides is 1. The molecule has 0 saturated carbocycles. The Morgan fingerprint density at radius 2 is 2.19 bits per heavy atom. The molecule has 0 aliphatic carbocycles. The van der Waals surface area contributed by atoms with Crippen LogP contribution in [-0.4, -0.2) is 45.1 Å². The van der Waals surface area contributed by atoms with E-state index in [0.717, 1.165) is 6.54 Å². The number of nitrogens with one attached hydrogen (secondary N) is 1. The monoisotopic (exact) mass is 316 g/mol. The highest BCUT2D eigenvalue weighted by atomic mass is 32.2. The summed E-state index contributed by atoms with van der Waals surface area (Å²) in [4.78, 5) is 0. The number of furan rings is 1. The molecule has 1 aliphatic rings. The van der Waals surface area contributed by atoms with Gasteiger partial charge < -0.3 is 14.5 Å². The van der Waals surface area contributed by atoms with Crippen molar-refractivity contribution in [3.63, 3.8) is 0 Å². The summed E-state index contributed by atoms with van der Waals surface area (Å²) in [6.07, 6.45) is 0. The van der Waals surface area contributed by atoms with Gasteiger partial charge in [0.15, 0.2) is 0 Å². The second kappa shape index (κ2) is 6.91. The number of hydrogen-bond acceptors (Lipinski definition) is 5. The molecule has 0 radical (unpaired) electrons. The van der Waals surface area contributed by atoms with Crippen LogP contribution in [0.4, 0.5) is 0 Å². The molecule has 0 spiro atoms.